The van der Waals surface area contributed by atoms with Crippen LogP contribution in [0.2, 0.25) is 0 Å². The summed E-state index contributed by atoms with van der Waals surface area (Å²) in [6.45, 7) is 3.88. The summed E-state index contributed by atoms with van der Waals surface area (Å²) in [7, 11) is 0. The summed E-state index contributed by atoms with van der Waals surface area (Å²) in [6.07, 6.45) is 4.26. The molecule has 7 heteroatoms. The SMILES string of the molecule is C=CCCCOc1nc(N)ncc1[N+](=O)[O-]. The van der Waals surface area contributed by atoms with Gasteiger partial charge < -0.3 is 10.5 Å². The van der Waals surface area contributed by atoms with E-state index < -0.39 is 4.92 Å². The third kappa shape index (κ3) is 3.19. The van der Waals surface area contributed by atoms with Crippen LogP contribution in [0.1, 0.15) is 12.8 Å². The normalized spacial score (nSPS) is 9.75. The average molecular weight is 224 g/mol. The second kappa shape index (κ2) is 5.64. The van der Waals surface area contributed by atoms with Crippen LogP contribution in [0.25, 0.3) is 0 Å². The first kappa shape index (κ1) is 11.9. The molecule has 0 saturated heterocycles. The smallest absolute Gasteiger partial charge is 0.349 e. The van der Waals surface area contributed by atoms with Crippen molar-refractivity contribution in [2.45, 2.75) is 12.8 Å². The van der Waals surface area contributed by atoms with Crippen LogP contribution in [0.15, 0.2) is 18.9 Å². The Morgan fingerprint density at radius 3 is 3.06 bits per heavy atom. The van der Waals surface area contributed by atoms with Gasteiger partial charge in [0.25, 0.3) is 5.88 Å². The number of nitro groups is 1. The fraction of sp³-hybridized carbons (Fsp3) is 0.333. The van der Waals surface area contributed by atoms with Gasteiger partial charge in [-0.2, -0.15) is 4.98 Å². The summed E-state index contributed by atoms with van der Waals surface area (Å²) >= 11 is 0. The summed E-state index contributed by atoms with van der Waals surface area (Å²) in [5, 5.41) is 10.6. The van der Waals surface area contributed by atoms with E-state index in [1.165, 1.54) is 0 Å². The van der Waals surface area contributed by atoms with Gasteiger partial charge in [-0.3, -0.25) is 10.1 Å². The molecule has 0 atom stereocenters. The number of nitrogens with zero attached hydrogens (tertiary/aromatic N) is 3. The van der Waals surface area contributed by atoms with Crippen LogP contribution in [0.5, 0.6) is 5.88 Å². The molecule has 0 aliphatic heterocycles. The number of allylic oxidation sites excluding steroid dienone is 1. The summed E-state index contributed by atoms with van der Waals surface area (Å²) in [4.78, 5) is 17.2. The predicted octanol–water partition coefficient (Wildman–Crippen LogP) is 1.31. The molecule has 0 aliphatic rings. The molecule has 0 radical (unpaired) electrons. The highest BCUT2D eigenvalue weighted by atomic mass is 16.6. The second-order valence-electron chi connectivity index (χ2n) is 2.96. The zero-order valence-electron chi connectivity index (χ0n) is 8.63. The molecule has 1 aromatic rings. The van der Waals surface area contributed by atoms with Gasteiger partial charge in [-0.25, -0.2) is 4.98 Å². The maximum absolute atomic E-state index is 10.6. The highest BCUT2D eigenvalue weighted by molar-refractivity contribution is 5.41. The maximum atomic E-state index is 10.6. The third-order valence-electron chi connectivity index (χ3n) is 1.74. The number of ether oxygens (including phenoxy) is 1. The van der Waals surface area contributed by atoms with Gasteiger partial charge in [0.15, 0.2) is 0 Å². The summed E-state index contributed by atoms with van der Waals surface area (Å²) in [5.41, 5.74) is 5.03. The first-order valence-electron chi connectivity index (χ1n) is 4.65. The minimum atomic E-state index is -0.609. The van der Waals surface area contributed by atoms with E-state index in [1.807, 2.05) is 0 Å². The zero-order valence-corrected chi connectivity index (χ0v) is 8.63. The van der Waals surface area contributed by atoms with Gasteiger partial charge in [0.2, 0.25) is 5.95 Å². The third-order valence-corrected chi connectivity index (χ3v) is 1.74. The molecule has 2 N–H and O–H groups in total. The maximum Gasteiger partial charge on any atom is 0.349 e. The minimum Gasteiger partial charge on any atom is -0.473 e. The van der Waals surface area contributed by atoms with Crippen molar-refractivity contribution >= 4 is 11.6 Å². The fourth-order valence-electron chi connectivity index (χ4n) is 1.00. The Morgan fingerprint density at radius 2 is 2.44 bits per heavy atom. The van der Waals surface area contributed by atoms with Crippen LogP contribution in [-0.4, -0.2) is 21.5 Å². The van der Waals surface area contributed by atoms with E-state index in [9.17, 15) is 10.1 Å². The number of anilines is 1. The Hall–Kier alpha value is -2.18. The molecule has 0 saturated carbocycles. The molecule has 1 heterocycles. The molecule has 0 amide bonds. The van der Waals surface area contributed by atoms with E-state index in [-0.39, 0.29) is 17.5 Å². The Kier molecular flexibility index (Phi) is 4.19. The second-order valence-corrected chi connectivity index (χ2v) is 2.96. The van der Waals surface area contributed by atoms with E-state index in [2.05, 4.69) is 16.5 Å². The molecular weight excluding hydrogens is 212 g/mol. The number of rotatable bonds is 6. The highest BCUT2D eigenvalue weighted by Crippen LogP contribution is 2.23. The lowest BCUT2D eigenvalue weighted by Gasteiger charge is -2.04. The van der Waals surface area contributed by atoms with E-state index in [0.29, 0.717) is 13.0 Å². The molecule has 16 heavy (non-hydrogen) atoms. The average Bonchev–Trinajstić information content (AvgIpc) is 2.24. The molecule has 0 fully saturated rings. The Bertz CT molecular complexity index is 394. The van der Waals surface area contributed by atoms with Crippen LogP contribution in [0.4, 0.5) is 11.6 Å². The van der Waals surface area contributed by atoms with Gasteiger partial charge in [-0.05, 0) is 12.8 Å². The quantitative estimate of drug-likeness (QED) is 0.338. The van der Waals surface area contributed by atoms with Gasteiger partial charge in [-0.15, -0.1) is 6.58 Å². The molecule has 0 aromatic carbocycles. The van der Waals surface area contributed by atoms with Gasteiger partial charge in [0.1, 0.15) is 6.20 Å². The lowest BCUT2D eigenvalue weighted by molar-refractivity contribution is -0.386. The van der Waals surface area contributed by atoms with Gasteiger partial charge in [0, 0.05) is 0 Å². The van der Waals surface area contributed by atoms with Crippen LogP contribution in [0, 0.1) is 10.1 Å². The summed E-state index contributed by atoms with van der Waals surface area (Å²) in [6, 6.07) is 0. The van der Waals surface area contributed by atoms with Crippen molar-refractivity contribution in [3.05, 3.63) is 29.0 Å². The van der Waals surface area contributed by atoms with Crippen molar-refractivity contribution in [1.82, 2.24) is 9.97 Å². The van der Waals surface area contributed by atoms with Gasteiger partial charge in [0.05, 0.1) is 11.5 Å². The molecule has 0 spiro atoms. The number of aromatic nitrogens is 2. The lowest BCUT2D eigenvalue weighted by atomic mass is 10.3. The Morgan fingerprint density at radius 1 is 1.69 bits per heavy atom. The predicted molar refractivity (Wildman–Crippen MR) is 58.0 cm³/mol. The van der Waals surface area contributed by atoms with E-state index in [0.717, 1.165) is 12.6 Å². The first-order valence-corrected chi connectivity index (χ1v) is 4.65. The molecule has 0 bridgehead atoms. The van der Waals surface area contributed by atoms with Crippen LogP contribution in [-0.2, 0) is 0 Å². The Labute approximate surface area is 92.1 Å². The van der Waals surface area contributed by atoms with Gasteiger partial charge in [-0.1, -0.05) is 6.08 Å². The van der Waals surface area contributed by atoms with Crippen molar-refractivity contribution in [3.63, 3.8) is 0 Å². The monoisotopic (exact) mass is 224 g/mol. The van der Waals surface area contributed by atoms with Crippen molar-refractivity contribution in [2.75, 3.05) is 12.3 Å². The van der Waals surface area contributed by atoms with Crippen LogP contribution in [0.3, 0.4) is 0 Å². The van der Waals surface area contributed by atoms with Crippen LogP contribution < -0.4 is 10.5 Å². The van der Waals surface area contributed by atoms with E-state index >= 15 is 0 Å². The summed E-state index contributed by atoms with van der Waals surface area (Å²) in [5.74, 6) is -0.147. The van der Waals surface area contributed by atoms with Crippen molar-refractivity contribution in [2.24, 2.45) is 0 Å². The van der Waals surface area contributed by atoms with Crippen LogP contribution >= 0.6 is 0 Å². The number of hydrogen-bond acceptors (Lipinski definition) is 6. The number of nitrogens with two attached hydrogens (primary N) is 1. The van der Waals surface area contributed by atoms with Crippen molar-refractivity contribution < 1.29 is 9.66 Å². The highest BCUT2D eigenvalue weighted by Gasteiger charge is 2.17. The molecule has 0 unspecified atom stereocenters. The topological polar surface area (TPSA) is 104 Å². The lowest BCUT2D eigenvalue weighted by Crippen LogP contribution is -2.05. The fourth-order valence-corrected chi connectivity index (χ4v) is 1.00. The van der Waals surface area contributed by atoms with E-state index in [4.69, 9.17) is 10.5 Å². The molecule has 86 valence electrons. The molecule has 7 nitrogen and oxygen atoms in total. The standard InChI is InChI=1S/C9H12N4O3/c1-2-3-4-5-16-8-7(13(14)15)6-11-9(10)12-8/h2,6H,1,3-5H2,(H2,10,11,12). The largest absolute Gasteiger partial charge is 0.473 e. The first-order chi connectivity index (χ1) is 7.65. The van der Waals surface area contributed by atoms with Crippen molar-refractivity contribution in [1.29, 1.82) is 0 Å². The number of unbranched alkanes of at least 4 members (excludes halogenated alkanes) is 1. The Balaban J connectivity index is 2.72. The molecule has 1 rings (SSSR count). The zero-order chi connectivity index (χ0) is 12.0. The molecular formula is C9H12N4O3. The van der Waals surface area contributed by atoms with Gasteiger partial charge >= 0.3 is 5.69 Å². The van der Waals surface area contributed by atoms with E-state index in [1.54, 1.807) is 6.08 Å². The molecule has 0 aliphatic carbocycles. The minimum absolute atomic E-state index is 0.0516. The number of nitrogen functional groups attached to an aromatic ring is 1. The number of hydrogen-bond donors (Lipinski definition) is 1. The summed E-state index contributed by atoms with van der Waals surface area (Å²) < 4.78 is 5.16. The van der Waals surface area contributed by atoms with Crippen molar-refractivity contribution in [3.8, 4) is 5.88 Å². The molecule has 1 aromatic heterocycles.